The lowest BCUT2D eigenvalue weighted by Gasteiger charge is -2.34. The zero-order valence-electron chi connectivity index (χ0n) is 19.2. The molecule has 3 fully saturated rings. The molecule has 1 saturated heterocycles. The lowest BCUT2D eigenvalue weighted by atomic mass is 9.94. The monoisotopic (exact) mass is 446 g/mol. The molecule has 6 nitrogen and oxygen atoms in total. The average Bonchev–Trinajstić information content (AvgIpc) is 3.56. The zero-order chi connectivity index (χ0) is 22.6. The van der Waals surface area contributed by atoms with Crippen LogP contribution in [-0.4, -0.2) is 35.4 Å². The van der Waals surface area contributed by atoms with Gasteiger partial charge in [-0.3, -0.25) is 19.5 Å². The summed E-state index contributed by atoms with van der Waals surface area (Å²) in [6, 6.07) is 11.2. The van der Waals surface area contributed by atoms with Gasteiger partial charge in [-0.25, -0.2) is 0 Å². The summed E-state index contributed by atoms with van der Waals surface area (Å²) in [5, 5.41) is 6.61. The van der Waals surface area contributed by atoms with Crippen LogP contribution in [0.15, 0.2) is 48.8 Å². The summed E-state index contributed by atoms with van der Waals surface area (Å²) in [5.74, 6) is 0.482. The number of aromatic nitrogens is 1. The van der Waals surface area contributed by atoms with Gasteiger partial charge >= 0.3 is 0 Å². The van der Waals surface area contributed by atoms with Gasteiger partial charge in [0.15, 0.2) is 0 Å². The van der Waals surface area contributed by atoms with Crippen LogP contribution in [0.2, 0.25) is 0 Å². The maximum atomic E-state index is 13.9. The van der Waals surface area contributed by atoms with Crippen LogP contribution in [0.1, 0.15) is 80.9 Å². The van der Waals surface area contributed by atoms with Gasteiger partial charge in [-0.1, -0.05) is 37.5 Å². The van der Waals surface area contributed by atoms with E-state index in [-0.39, 0.29) is 23.9 Å². The van der Waals surface area contributed by atoms with E-state index in [1.54, 1.807) is 17.3 Å². The van der Waals surface area contributed by atoms with Gasteiger partial charge in [0, 0.05) is 29.7 Å². The van der Waals surface area contributed by atoms with Crippen molar-refractivity contribution >= 4 is 17.5 Å². The summed E-state index contributed by atoms with van der Waals surface area (Å²) in [6.45, 7) is 0.830. The molecule has 3 aliphatic rings. The van der Waals surface area contributed by atoms with Gasteiger partial charge in [0.05, 0.1) is 6.04 Å². The fourth-order valence-corrected chi connectivity index (χ4v) is 5.27. The number of hydrogen-bond acceptors (Lipinski definition) is 4. The zero-order valence-corrected chi connectivity index (χ0v) is 19.2. The number of carbonyl (C=O) groups is 2. The molecule has 1 aliphatic heterocycles. The Morgan fingerprint density at radius 1 is 0.970 bits per heavy atom. The molecule has 2 saturated carbocycles. The van der Waals surface area contributed by atoms with Gasteiger partial charge in [-0.2, -0.15) is 0 Å². The smallest absolute Gasteiger partial charge is 0.248 e. The number of benzene rings is 1. The van der Waals surface area contributed by atoms with E-state index in [0.717, 1.165) is 56.3 Å². The van der Waals surface area contributed by atoms with Crippen LogP contribution in [0.4, 0.5) is 5.69 Å². The average molecular weight is 447 g/mol. The topological polar surface area (TPSA) is 74.3 Å². The lowest BCUT2D eigenvalue weighted by Crippen LogP contribution is -2.51. The van der Waals surface area contributed by atoms with Crippen LogP contribution in [0.25, 0.3) is 0 Å². The SMILES string of the molecule is O=C(NC1CCCCC1)C(c1cccnc1)N(C(=O)[C@H]1CCCN1)c1ccc(C2CC2)cc1. The molecule has 2 atom stereocenters. The first-order valence-electron chi connectivity index (χ1n) is 12.6. The Kier molecular flexibility index (Phi) is 6.72. The fourth-order valence-electron chi connectivity index (χ4n) is 5.27. The minimum absolute atomic E-state index is 0.0423. The minimum Gasteiger partial charge on any atom is -0.351 e. The standard InChI is InChI=1S/C27H34N4O2/c32-26(30-22-7-2-1-3-8-22)25(21-6-4-16-28-18-21)31(27(33)24-9-5-17-29-24)23-14-12-20(13-15-23)19-10-11-19/h4,6,12-16,18-19,22,24-25,29H,1-3,5,7-11,17H2,(H,30,32)/t24-,25?/m1/s1. The molecule has 0 radical (unpaired) electrons. The number of carbonyl (C=O) groups excluding carboxylic acids is 2. The summed E-state index contributed by atoms with van der Waals surface area (Å²) in [6.07, 6.45) is 13.1. The maximum Gasteiger partial charge on any atom is 0.248 e. The summed E-state index contributed by atoms with van der Waals surface area (Å²) < 4.78 is 0. The first kappa shape index (κ1) is 22.1. The minimum atomic E-state index is -0.748. The van der Waals surface area contributed by atoms with Crippen LogP contribution in [0, 0.1) is 0 Å². The molecule has 2 aromatic rings. The highest BCUT2D eigenvalue weighted by atomic mass is 16.2. The highest BCUT2D eigenvalue weighted by Crippen LogP contribution is 2.41. The van der Waals surface area contributed by atoms with E-state index >= 15 is 0 Å². The second kappa shape index (κ2) is 10.0. The van der Waals surface area contributed by atoms with Crippen molar-refractivity contribution in [3.05, 3.63) is 59.9 Å². The first-order valence-corrected chi connectivity index (χ1v) is 12.6. The van der Waals surface area contributed by atoms with Gasteiger partial charge in [0.1, 0.15) is 6.04 Å². The molecule has 2 heterocycles. The van der Waals surface area contributed by atoms with E-state index in [0.29, 0.717) is 5.92 Å². The number of nitrogens with one attached hydrogen (secondary N) is 2. The van der Waals surface area contributed by atoms with Crippen LogP contribution in [0.3, 0.4) is 0 Å². The van der Waals surface area contributed by atoms with Gasteiger partial charge in [0.25, 0.3) is 0 Å². The van der Waals surface area contributed by atoms with Crippen molar-refractivity contribution in [2.45, 2.75) is 81.8 Å². The summed E-state index contributed by atoms with van der Waals surface area (Å²) in [4.78, 5) is 33.6. The van der Waals surface area contributed by atoms with Crippen LogP contribution in [0.5, 0.6) is 0 Å². The van der Waals surface area contributed by atoms with Gasteiger partial charge < -0.3 is 10.6 Å². The Bertz CT molecular complexity index is 946. The third-order valence-corrected chi connectivity index (χ3v) is 7.27. The second-order valence-corrected chi connectivity index (χ2v) is 9.76. The maximum absolute atomic E-state index is 13.9. The normalized spacial score (nSPS) is 22.0. The summed E-state index contributed by atoms with van der Waals surface area (Å²) >= 11 is 0. The van der Waals surface area contributed by atoms with Gasteiger partial charge in [0.2, 0.25) is 11.8 Å². The van der Waals surface area contributed by atoms with E-state index < -0.39 is 6.04 Å². The van der Waals surface area contributed by atoms with E-state index in [2.05, 4.69) is 27.8 Å². The van der Waals surface area contributed by atoms with Crippen molar-refractivity contribution in [1.29, 1.82) is 0 Å². The number of rotatable bonds is 7. The first-order chi connectivity index (χ1) is 16.2. The molecule has 2 N–H and O–H groups in total. The van der Waals surface area contributed by atoms with Crippen molar-refractivity contribution in [3.8, 4) is 0 Å². The van der Waals surface area contributed by atoms with Crippen molar-refractivity contribution < 1.29 is 9.59 Å². The quantitative estimate of drug-likeness (QED) is 0.667. The fraction of sp³-hybridized carbons (Fsp3) is 0.519. The number of pyridine rings is 1. The Hall–Kier alpha value is -2.73. The van der Waals surface area contributed by atoms with Crippen molar-refractivity contribution in [2.75, 3.05) is 11.4 Å². The Morgan fingerprint density at radius 3 is 2.39 bits per heavy atom. The van der Waals surface area contributed by atoms with E-state index in [1.165, 1.54) is 24.8 Å². The number of hydrogen-bond donors (Lipinski definition) is 2. The van der Waals surface area contributed by atoms with Crippen LogP contribution < -0.4 is 15.5 Å². The molecule has 174 valence electrons. The van der Waals surface area contributed by atoms with Crippen molar-refractivity contribution in [2.24, 2.45) is 0 Å². The molecule has 5 rings (SSSR count). The molecule has 2 amide bonds. The van der Waals surface area contributed by atoms with Crippen molar-refractivity contribution in [1.82, 2.24) is 15.6 Å². The summed E-state index contributed by atoms with van der Waals surface area (Å²) in [5.41, 5.74) is 2.82. The second-order valence-electron chi connectivity index (χ2n) is 9.76. The van der Waals surface area contributed by atoms with E-state index in [1.807, 2.05) is 24.3 Å². The molecule has 0 spiro atoms. The molecule has 2 aliphatic carbocycles. The number of amides is 2. The molecular weight excluding hydrogens is 412 g/mol. The van der Waals surface area contributed by atoms with E-state index in [4.69, 9.17) is 0 Å². The Balaban J connectivity index is 1.50. The third-order valence-electron chi connectivity index (χ3n) is 7.27. The highest BCUT2D eigenvalue weighted by Gasteiger charge is 2.38. The molecule has 1 unspecified atom stereocenters. The van der Waals surface area contributed by atoms with Gasteiger partial charge in [-0.05, 0) is 74.8 Å². The van der Waals surface area contributed by atoms with Crippen LogP contribution in [-0.2, 0) is 9.59 Å². The highest BCUT2D eigenvalue weighted by molar-refractivity contribution is 6.03. The van der Waals surface area contributed by atoms with E-state index in [9.17, 15) is 9.59 Å². The molecule has 1 aromatic carbocycles. The number of nitrogens with zero attached hydrogens (tertiary/aromatic N) is 2. The molecule has 0 bridgehead atoms. The largest absolute Gasteiger partial charge is 0.351 e. The number of anilines is 1. The Labute approximate surface area is 196 Å². The predicted molar refractivity (Wildman–Crippen MR) is 129 cm³/mol. The molecule has 1 aromatic heterocycles. The van der Waals surface area contributed by atoms with Crippen molar-refractivity contribution in [3.63, 3.8) is 0 Å². The molecule has 33 heavy (non-hydrogen) atoms. The summed E-state index contributed by atoms with van der Waals surface area (Å²) in [7, 11) is 0. The molecular formula is C27H34N4O2. The lowest BCUT2D eigenvalue weighted by molar-refractivity contribution is -0.128. The predicted octanol–water partition coefficient (Wildman–Crippen LogP) is 4.23. The molecule has 6 heteroatoms. The Morgan fingerprint density at radius 2 is 1.76 bits per heavy atom. The van der Waals surface area contributed by atoms with Gasteiger partial charge in [-0.15, -0.1) is 0 Å². The van der Waals surface area contributed by atoms with Crippen LogP contribution >= 0.6 is 0 Å². The third kappa shape index (κ3) is 5.11.